The number of hydrogen-bond acceptors (Lipinski definition) is 3. The summed E-state index contributed by atoms with van der Waals surface area (Å²) in [6.45, 7) is 0.218. The zero-order chi connectivity index (χ0) is 16.0. The second-order valence-corrected chi connectivity index (χ2v) is 6.57. The van der Waals surface area contributed by atoms with E-state index in [1.54, 1.807) is 18.2 Å². The molecular weight excluding hydrogens is 337 g/mol. The summed E-state index contributed by atoms with van der Waals surface area (Å²) < 4.78 is 10.7. The van der Waals surface area contributed by atoms with E-state index in [-0.39, 0.29) is 12.7 Å². The molecule has 1 amide bonds. The minimum Gasteiger partial charge on any atom is -0.454 e. The molecule has 6 heteroatoms. The third-order valence-corrected chi connectivity index (χ3v) is 4.85. The van der Waals surface area contributed by atoms with Crippen LogP contribution in [0.2, 0.25) is 10.0 Å². The fourth-order valence-corrected chi connectivity index (χ4v) is 3.14. The average Bonchev–Trinajstić information content (AvgIpc) is 3.22. The van der Waals surface area contributed by atoms with Crippen LogP contribution in [-0.2, 0) is 10.2 Å². The zero-order valence-electron chi connectivity index (χ0n) is 12.1. The van der Waals surface area contributed by atoms with Crippen LogP contribution in [-0.4, -0.2) is 12.7 Å². The predicted molar refractivity (Wildman–Crippen MR) is 88.6 cm³/mol. The normalized spacial score (nSPS) is 17.0. The SMILES string of the molecule is O=C(Nc1cc(Cl)ccc1Cl)C1(c2ccc3c(c2)OCO3)CC1. The van der Waals surface area contributed by atoms with E-state index in [1.807, 2.05) is 18.2 Å². The van der Waals surface area contributed by atoms with E-state index in [9.17, 15) is 4.79 Å². The lowest BCUT2D eigenvalue weighted by Gasteiger charge is -2.17. The molecule has 4 nitrogen and oxygen atoms in total. The lowest BCUT2D eigenvalue weighted by Crippen LogP contribution is -2.27. The van der Waals surface area contributed by atoms with Gasteiger partial charge in [0.15, 0.2) is 11.5 Å². The number of nitrogens with one attached hydrogen (secondary N) is 1. The molecule has 2 aromatic rings. The second-order valence-electron chi connectivity index (χ2n) is 5.73. The van der Waals surface area contributed by atoms with Crippen LogP contribution in [0.25, 0.3) is 0 Å². The Morgan fingerprint density at radius 3 is 2.61 bits per heavy atom. The summed E-state index contributed by atoms with van der Waals surface area (Å²) >= 11 is 12.1. The van der Waals surface area contributed by atoms with Gasteiger partial charge in [-0.25, -0.2) is 0 Å². The van der Waals surface area contributed by atoms with E-state index in [1.165, 1.54) is 0 Å². The minimum atomic E-state index is -0.535. The first-order valence-corrected chi connectivity index (χ1v) is 8.01. The predicted octanol–water partition coefficient (Wildman–Crippen LogP) is 4.39. The molecule has 1 aliphatic heterocycles. The van der Waals surface area contributed by atoms with E-state index < -0.39 is 5.41 Å². The summed E-state index contributed by atoms with van der Waals surface area (Å²) in [7, 11) is 0. The Labute approximate surface area is 143 Å². The maximum absolute atomic E-state index is 12.8. The number of rotatable bonds is 3. The van der Waals surface area contributed by atoms with Gasteiger partial charge in [0.1, 0.15) is 0 Å². The molecule has 2 aromatic carbocycles. The van der Waals surface area contributed by atoms with E-state index >= 15 is 0 Å². The monoisotopic (exact) mass is 349 g/mol. The highest BCUT2D eigenvalue weighted by Crippen LogP contribution is 2.51. The Bertz CT molecular complexity index is 802. The molecule has 0 unspecified atom stereocenters. The van der Waals surface area contributed by atoms with Gasteiger partial charge in [0, 0.05) is 5.02 Å². The summed E-state index contributed by atoms with van der Waals surface area (Å²) in [6.07, 6.45) is 1.58. The van der Waals surface area contributed by atoms with E-state index in [0.29, 0.717) is 27.2 Å². The minimum absolute atomic E-state index is 0.0828. The van der Waals surface area contributed by atoms with Crippen LogP contribution in [0.3, 0.4) is 0 Å². The standard InChI is InChI=1S/C17H13Cl2NO3/c18-11-2-3-12(19)13(8-11)20-16(21)17(5-6-17)10-1-4-14-15(7-10)23-9-22-14/h1-4,7-8H,5-6,9H2,(H,20,21). The number of hydrogen-bond donors (Lipinski definition) is 1. The third kappa shape index (κ3) is 2.52. The third-order valence-electron chi connectivity index (χ3n) is 4.29. The summed E-state index contributed by atoms with van der Waals surface area (Å²) in [6, 6.07) is 10.6. The Morgan fingerprint density at radius 1 is 1.04 bits per heavy atom. The molecule has 118 valence electrons. The quantitative estimate of drug-likeness (QED) is 0.893. The Morgan fingerprint density at radius 2 is 1.83 bits per heavy atom. The molecule has 0 radical (unpaired) electrons. The number of carbonyl (C=O) groups excluding carboxylic acids is 1. The van der Waals surface area contributed by atoms with Crippen LogP contribution in [0.1, 0.15) is 18.4 Å². The Balaban J connectivity index is 1.61. The van der Waals surface area contributed by atoms with Crippen molar-refractivity contribution in [2.24, 2.45) is 0 Å². The first kappa shape index (κ1) is 14.7. The van der Waals surface area contributed by atoms with Gasteiger partial charge in [0.2, 0.25) is 12.7 Å². The molecule has 23 heavy (non-hydrogen) atoms. The number of benzene rings is 2. The molecule has 1 heterocycles. The molecule has 0 bridgehead atoms. The number of amides is 1. The average molecular weight is 350 g/mol. The second kappa shape index (κ2) is 5.32. The highest BCUT2D eigenvalue weighted by molar-refractivity contribution is 6.35. The molecule has 0 aromatic heterocycles. The lowest BCUT2D eigenvalue weighted by atomic mass is 9.94. The van der Waals surface area contributed by atoms with Crippen LogP contribution in [0, 0.1) is 0 Å². The van der Waals surface area contributed by atoms with Gasteiger partial charge in [-0.3, -0.25) is 4.79 Å². The molecule has 2 aliphatic rings. The smallest absolute Gasteiger partial charge is 0.235 e. The number of fused-ring (bicyclic) bond motifs is 1. The van der Waals surface area contributed by atoms with Gasteiger partial charge < -0.3 is 14.8 Å². The van der Waals surface area contributed by atoms with E-state index in [2.05, 4.69) is 5.32 Å². The van der Waals surface area contributed by atoms with E-state index in [4.69, 9.17) is 32.7 Å². The van der Waals surface area contributed by atoms with Crippen LogP contribution in [0.4, 0.5) is 5.69 Å². The first-order chi connectivity index (χ1) is 11.1. The van der Waals surface area contributed by atoms with Gasteiger partial charge in [-0.1, -0.05) is 29.3 Å². The molecule has 0 saturated heterocycles. The lowest BCUT2D eigenvalue weighted by molar-refractivity contribution is -0.118. The maximum Gasteiger partial charge on any atom is 0.235 e. The molecular formula is C17H13Cl2NO3. The van der Waals surface area contributed by atoms with Crippen molar-refractivity contribution in [3.8, 4) is 11.5 Å². The van der Waals surface area contributed by atoms with Crippen molar-refractivity contribution in [1.82, 2.24) is 0 Å². The van der Waals surface area contributed by atoms with Crippen LogP contribution >= 0.6 is 23.2 Å². The molecule has 1 N–H and O–H groups in total. The van der Waals surface area contributed by atoms with Crippen molar-refractivity contribution in [3.05, 3.63) is 52.0 Å². The molecule has 0 spiro atoms. The van der Waals surface area contributed by atoms with Crippen molar-refractivity contribution in [2.45, 2.75) is 18.3 Å². The van der Waals surface area contributed by atoms with Gasteiger partial charge in [-0.05, 0) is 48.7 Å². The van der Waals surface area contributed by atoms with Crippen molar-refractivity contribution in [1.29, 1.82) is 0 Å². The topological polar surface area (TPSA) is 47.6 Å². The van der Waals surface area contributed by atoms with Crippen LogP contribution in [0.5, 0.6) is 11.5 Å². The molecule has 4 rings (SSSR count). The summed E-state index contributed by atoms with van der Waals surface area (Å²) in [5.41, 5.74) is 0.917. The number of carbonyl (C=O) groups is 1. The fraction of sp³-hybridized carbons (Fsp3) is 0.235. The van der Waals surface area contributed by atoms with Crippen molar-refractivity contribution < 1.29 is 14.3 Å². The first-order valence-electron chi connectivity index (χ1n) is 7.25. The summed E-state index contributed by atoms with van der Waals surface area (Å²) in [5, 5.41) is 3.88. The highest BCUT2D eigenvalue weighted by Gasteiger charge is 2.51. The Kier molecular flexibility index (Phi) is 3.39. The van der Waals surface area contributed by atoms with Gasteiger partial charge in [-0.15, -0.1) is 0 Å². The largest absolute Gasteiger partial charge is 0.454 e. The zero-order valence-corrected chi connectivity index (χ0v) is 13.6. The van der Waals surface area contributed by atoms with Gasteiger partial charge in [0.05, 0.1) is 16.1 Å². The van der Waals surface area contributed by atoms with Gasteiger partial charge >= 0.3 is 0 Å². The number of ether oxygens (including phenoxy) is 2. The molecule has 1 fully saturated rings. The number of anilines is 1. The van der Waals surface area contributed by atoms with Crippen LogP contribution in [0.15, 0.2) is 36.4 Å². The number of halogens is 2. The van der Waals surface area contributed by atoms with E-state index in [0.717, 1.165) is 18.4 Å². The summed E-state index contributed by atoms with van der Waals surface area (Å²) in [4.78, 5) is 12.8. The molecule has 0 atom stereocenters. The van der Waals surface area contributed by atoms with Crippen molar-refractivity contribution in [2.75, 3.05) is 12.1 Å². The molecule has 1 aliphatic carbocycles. The highest BCUT2D eigenvalue weighted by atomic mass is 35.5. The maximum atomic E-state index is 12.8. The van der Waals surface area contributed by atoms with Crippen molar-refractivity contribution >= 4 is 34.8 Å². The fourth-order valence-electron chi connectivity index (χ4n) is 2.80. The molecule has 1 saturated carbocycles. The van der Waals surface area contributed by atoms with Gasteiger partial charge in [-0.2, -0.15) is 0 Å². The van der Waals surface area contributed by atoms with Crippen molar-refractivity contribution in [3.63, 3.8) is 0 Å². The summed E-state index contributed by atoms with van der Waals surface area (Å²) in [5.74, 6) is 1.31. The van der Waals surface area contributed by atoms with Gasteiger partial charge in [0.25, 0.3) is 0 Å². The Hall–Kier alpha value is -1.91. The van der Waals surface area contributed by atoms with Crippen LogP contribution < -0.4 is 14.8 Å².